The second-order valence-corrected chi connectivity index (χ2v) is 4.62. The van der Waals surface area contributed by atoms with Gasteiger partial charge in [-0.2, -0.15) is 0 Å². The summed E-state index contributed by atoms with van der Waals surface area (Å²) in [5, 5.41) is 6.81. The molecule has 0 aliphatic heterocycles. The summed E-state index contributed by atoms with van der Waals surface area (Å²) in [6.07, 6.45) is 1.58. The fraction of sp³-hybridized carbons (Fsp3) is 0.133. The van der Waals surface area contributed by atoms with Crippen molar-refractivity contribution >= 4 is 11.9 Å². The van der Waals surface area contributed by atoms with Gasteiger partial charge in [-0.3, -0.25) is 10.1 Å². The number of carbonyl (C=O) groups excluding carboxylic acids is 1. The molecule has 0 aliphatic rings. The third kappa shape index (κ3) is 3.17. The zero-order valence-electron chi connectivity index (χ0n) is 11.5. The predicted octanol–water partition coefficient (Wildman–Crippen LogP) is 2.48. The quantitative estimate of drug-likeness (QED) is 0.798. The highest BCUT2D eigenvalue weighted by molar-refractivity contribution is 6.01. The Morgan fingerprint density at radius 3 is 2.76 bits per heavy atom. The van der Waals surface area contributed by atoms with Gasteiger partial charge in [0.05, 0.1) is 6.54 Å². The molecule has 1 amide bonds. The second kappa shape index (κ2) is 5.62. The van der Waals surface area contributed by atoms with Crippen LogP contribution in [0.3, 0.4) is 0 Å². The maximum atomic E-state index is 11.9. The first-order chi connectivity index (χ1) is 10.2. The molecule has 2 aromatic heterocycles. The van der Waals surface area contributed by atoms with Gasteiger partial charge in [-0.1, -0.05) is 30.3 Å². The number of benzene rings is 1. The summed E-state index contributed by atoms with van der Waals surface area (Å²) in [7, 11) is 0. The van der Waals surface area contributed by atoms with E-state index >= 15 is 0 Å². The molecule has 6 nitrogen and oxygen atoms in total. The van der Waals surface area contributed by atoms with Crippen LogP contribution in [0.4, 0.5) is 5.95 Å². The van der Waals surface area contributed by atoms with E-state index in [-0.39, 0.29) is 17.6 Å². The third-order valence-electron chi connectivity index (χ3n) is 2.91. The maximum Gasteiger partial charge on any atom is 0.293 e. The van der Waals surface area contributed by atoms with Crippen LogP contribution in [-0.4, -0.2) is 20.7 Å². The van der Waals surface area contributed by atoms with Crippen LogP contribution in [0, 0.1) is 6.92 Å². The minimum atomic E-state index is -0.361. The fourth-order valence-corrected chi connectivity index (χ4v) is 1.92. The highest BCUT2D eigenvalue weighted by Crippen LogP contribution is 2.09. The number of hydrogen-bond donors (Lipinski definition) is 1. The largest absolute Gasteiger partial charge is 0.456 e. The van der Waals surface area contributed by atoms with Gasteiger partial charge in [-0.25, -0.2) is 9.67 Å². The fourth-order valence-electron chi connectivity index (χ4n) is 1.92. The van der Waals surface area contributed by atoms with Gasteiger partial charge in [-0.05, 0) is 24.6 Å². The van der Waals surface area contributed by atoms with Crippen molar-refractivity contribution in [3.8, 4) is 0 Å². The zero-order chi connectivity index (χ0) is 14.7. The van der Waals surface area contributed by atoms with Crippen molar-refractivity contribution in [3.63, 3.8) is 0 Å². The lowest BCUT2D eigenvalue weighted by Crippen LogP contribution is -2.12. The summed E-state index contributed by atoms with van der Waals surface area (Å²) in [5.74, 6) is 0.820. The first kappa shape index (κ1) is 13.1. The van der Waals surface area contributed by atoms with Gasteiger partial charge in [0, 0.05) is 0 Å². The molecule has 21 heavy (non-hydrogen) atoms. The van der Waals surface area contributed by atoms with Gasteiger partial charge < -0.3 is 4.42 Å². The first-order valence-electron chi connectivity index (χ1n) is 6.52. The molecule has 0 spiro atoms. The lowest BCUT2D eigenvalue weighted by atomic mass is 10.2. The van der Waals surface area contributed by atoms with E-state index in [1.54, 1.807) is 30.1 Å². The molecule has 0 saturated carbocycles. The summed E-state index contributed by atoms with van der Waals surface area (Å²) in [4.78, 5) is 16.0. The summed E-state index contributed by atoms with van der Waals surface area (Å²) >= 11 is 0. The number of furan rings is 1. The van der Waals surface area contributed by atoms with Gasteiger partial charge in [-0.15, -0.1) is 5.10 Å². The van der Waals surface area contributed by atoms with E-state index in [2.05, 4.69) is 15.4 Å². The molecule has 0 atom stereocenters. The molecular formula is C15H14N4O2. The van der Waals surface area contributed by atoms with Gasteiger partial charge in [0.15, 0.2) is 5.76 Å². The number of hydrogen-bond acceptors (Lipinski definition) is 4. The van der Waals surface area contributed by atoms with Crippen molar-refractivity contribution in [1.29, 1.82) is 0 Å². The van der Waals surface area contributed by atoms with Gasteiger partial charge in [0.2, 0.25) is 5.95 Å². The number of nitrogens with one attached hydrogen (secondary N) is 1. The molecule has 0 unspecified atom stereocenters. The Kier molecular flexibility index (Phi) is 3.51. The van der Waals surface area contributed by atoms with Crippen LogP contribution in [0.2, 0.25) is 0 Å². The Hall–Kier alpha value is -2.89. The summed E-state index contributed by atoms with van der Waals surface area (Å²) in [5.41, 5.74) is 1.11. The summed E-state index contributed by atoms with van der Waals surface area (Å²) in [6.45, 7) is 2.38. The van der Waals surface area contributed by atoms with E-state index in [1.807, 2.05) is 30.3 Å². The Balaban J connectivity index is 1.66. The molecule has 3 rings (SSSR count). The maximum absolute atomic E-state index is 11.9. The molecule has 1 N–H and O–H groups in total. The monoisotopic (exact) mass is 282 g/mol. The predicted molar refractivity (Wildman–Crippen MR) is 77.0 cm³/mol. The van der Waals surface area contributed by atoms with E-state index in [1.165, 1.54) is 0 Å². The van der Waals surface area contributed by atoms with E-state index in [9.17, 15) is 4.79 Å². The van der Waals surface area contributed by atoms with Crippen LogP contribution in [0.1, 0.15) is 21.9 Å². The van der Waals surface area contributed by atoms with Crippen LogP contribution in [0.5, 0.6) is 0 Å². The summed E-state index contributed by atoms with van der Waals surface area (Å²) < 4.78 is 6.91. The average molecular weight is 282 g/mol. The standard InChI is InChI=1S/C15H14N4O2/c1-11-7-8-13(21-11)14(20)17-15-16-10-19(18-15)9-12-5-3-2-4-6-12/h2-8,10H,9H2,1H3,(H,17,18,20). The topological polar surface area (TPSA) is 73.0 Å². The minimum absolute atomic E-state index is 0.243. The van der Waals surface area contributed by atoms with Crippen LogP contribution in [-0.2, 0) is 6.54 Å². The van der Waals surface area contributed by atoms with Crippen molar-refractivity contribution < 1.29 is 9.21 Å². The van der Waals surface area contributed by atoms with Crippen molar-refractivity contribution in [2.75, 3.05) is 5.32 Å². The lowest BCUT2D eigenvalue weighted by molar-refractivity contribution is 0.0994. The zero-order valence-corrected chi connectivity index (χ0v) is 11.5. The number of rotatable bonds is 4. The molecule has 0 radical (unpaired) electrons. The van der Waals surface area contributed by atoms with E-state index in [0.717, 1.165) is 5.56 Å². The van der Waals surface area contributed by atoms with E-state index < -0.39 is 0 Å². The highest BCUT2D eigenvalue weighted by atomic mass is 16.3. The Morgan fingerprint density at radius 1 is 1.24 bits per heavy atom. The molecule has 3 aromatic rings. The summed E-state index contributed by atoms with van der Waals surface area (Å²) in [6, 6.07) is 13.3. The Morgan fingerprint density at radius 2 is 2.05 bits per heavy atom. The van der Waals surface area contributed by atoms with Gasteiger partial charge in [0.25, 0.3) is 5.91 Å². The van der Waals surface area contributed by atoms with Crippen LogP contribution in [0.25, 0.3) is 0 Å². The molecule has 1 aromatic carbocycles. The van der Waals surface area contributed by atoms with E-state index in [0.29, 0.717) is 12.3 Å². The van der Waals surface area contributed by atoms with Crippen molar-refractivity contribution in [2.45, 2.75) is 13.5 Å². The number of anilines is 1. The van der Waals surface area contributed by atoms with Crippen LogP contribution >= 0.6 is 0 Å². The van der Waals surface area contributed by atoms with Crippen molar-refractivity contribution in [3.05, 3.63) is 65.9 Å². The van der Waals surface area contributed by atoms with E-state index in [4.69, 9.17) is 4.42 Å². The van der Waals surface area contributed by atoms with Crippen LogP contribution in [0.15, 0.2) is 53.2 Å². The molecule has 0 aliphatic carbocycles. The van der Waals surface area contributed by atoms with Crippen LogP contribution < -0.4 is 5.32 Å². The lowest BCUT2D eigenvalue weighted by Gasteiger charge is -2.00. The first-order valence-corrected chi connectivity index (χ1v) is 6.52. The number of carbonyl (C=O) groups is 1. The third-order valence-corrected chi connectivity index (χ3v) is 2.91. The average Bonchev–Trinajstić information content (AvgIpc) is 3.09. The molecule has 106 valence electrons. The van der Waals surface area contributed by atoms with Crippen molar-refractivity contribution in [1.82, 2.24) is 14.8 Å². The molecule has 0 fully saturated rings. The minimum Gasteiger partial charge on any atom is -0.456 e. The number of amides is 1. The Labute approximate surface area is 121 Å². The second-order valence-electron chi connectivity index (χ2n) is 4.62. The number of nitrogens with zero attached hydrogens (tertiary/aromatic N) is 3. The normalized spacial score (nSPS) is 10.5. The molecule has 0 saturated heterocycles. The molecule has 2 heterocycles. The number of aryl methyl sites for hydroxylation is 1. The van der Waals surface area contributed by atoms with Crippen molar-refractivity contribution in [2.24, 2.45) is 0 Å². The smallest absolute Gasteiger partial charge is 0.293 e. The molecular weight excluding hydrogens is 268 g/mol. The number of aromatic nitrogens is 3. The molecule has 0 bridgehead atoms. The SMILES string of the molecule is Cc1ccc(C(=O)Nc2ncn(Cc3ccccc3)n2)o1. The highest BCUT2D eigenvalue weighted by Gasteiger charge is 2.12. The van der Waals surface area contributed by atoms with Gasteiger partial charge >= 0.3 is 0 Å². The molecule has 6 heteroatoms. The van der Waals surface area contributed by atoms with Gasteiger partial charge in [0.1, 0.15) is 12.1 Å². The Bertz CT molecular complexity index is 746.